The monoisotopic (exact) mass is 297 g/mol. The molecule has 2 N–H and O–H groups in total. The second-order valence-electron chi connectivity index (χ2n) is 5.19. The Bertz CT molecular complexity index is 514. The molecule has 1 aliphatic rings. The number of aryl methyl sites for hydroxylation is 1. The molecule has 8 heteroatoms. The number of hydrogen-bond donors (Lipinski definition) is 2. The first-order valence-electron chi connectivity index (χ1n) is 6.45. The summed E-state index contributed by atoms with van der Waals surface area (Å²) in [5.41, 5.74) is 0. The van der Waals surface area contributed by atoms with Gasteiger partial charge in [-0.05, 0) is 13.8 Å². The molecule has 110 valence electrons. The molecule has 1 atom stereocenters. The molecule has 0 bridgehead atoms. The maximum atomic E-state index is 12.0. The topological polar surface area (TPSA) is 88.9 Å². The van der Waals surface area contributed by atoms with Crippen molar-refractivity contribution in [1.82, 2.24) is 25.4 Å². The van der Waals surface area contributed by atoms with Gasteiger partial charge in [-0.2, -0.15) is 5.10 Å². The molecule has 20 heavy (non-hydrogen) atoms. The minimum absolute atomic E-state index is 0.0952. The molecule has 0 saturated carbocycles. The summed E-state index contributed by atoms with van der Waals surface area (Å²) in [5, 5.41) is 9.54. The van der Waals surface area contributed by atoms with Gasteiger partial charge in [0.25, 0.3) is 0 Å². The van der Waals surface area contributed by atoms with Crippen LogP contribution in [0.25, 0.3) is 0 Å². The van der Waals surface area contributed by atoms with E-state index >= 15 is 0 Å². The van der Waals surface area contributed by atoms with E-state index in [1.807, 2.05) is 20.9 Å². The smallest absolute Gasteiger partial charge is 0.243 e. The Balaban J connectivity index is 1.78. The van der Waals surface area contributed by atoms with E-state index in [9.17, 15) is 9.59 Å². The van der Waals surface area contributed by atoms with E-state index < -0.39 is 10.8 Å². The number of nitrogens with zero attached hydrogens (tertiary/aromatic N) is 3. The number of carbonyl (C=O) groups excluding carboxylic acids is 2. The Labute approximate surface area is 121 Å². The van der Waals surface area contributed by atoms with Gasteiger partial charge in [0.05, 0.1) is 4.75 Å². The van der Waals surface area contributed by atoms with Crippen LogP contribution in [0.5, 0.6) is 0 Å². The molecular formula is C12H19N5O2S. The summed E-state index contributed by atoms with van der Waals surface area (Å²) in [6, 6.07) is -0.458. The zero-order valence-electron chi connectivity index (χ0n) is 11.8. The standard InChI is InChI=1S/C12H19N5O2S/c1-12(2)11(19)16-8(6-20-12)10(18)13-5-4-9-14-7-15-17(9)3/h7-8H,4-6H2,1-3H3,(H,13,18)(H,16,19). The Kier molecular flexibility index (Phi) is 4.32. The van der Waals surface area contributed by atoms with Gasteiger partial charge in [0, 0.05) is 25.8 Å². The molecule has 2 rings (SSSR count). The largest absolute Gasteiger partial charge is 0.354 e. The third-order valence-electron chi connectivity index (χ3n) is 3.23. The van der Waals surface area contributed by atoms with Gasteiger partial charge in [0.15, 0.2) is 0 Å². The van der Waals surface area contributed by atoms with E-state index in [2.05, 4.69) is 20.7 Å². The molecule has 7 nitrogen and oxygen atoms in total. The second-order valence-corrected chi connectivity index (χ2v) is 6.83. The number of hydrogen-bond acceptors (Lipinski definition) is 5. The van der Waals surface area contributed by atoms with E-state index in [1.165, 1.54) is 18.1 Å². The maximum absolute atomic E-state index is 12.0. The molecule has 0 radical (unpaired) electrons. The van der Waals surface area contributed by atoms with Crippen molar-refractivity contribution in [2.45, 2.75) is 31.1 Å². The van der Waals surface area contributed by atoms with Gasteiger partial charge >= 0.3 is 0 Å². The lowest BCUT2D eigenvalue weighted by molar-refractivity contribution is -0.129. The van der Waals surface area contributed by atoms with Crippen LogP contribution in [0.1, 0.15) is 19.7 Å². The summed E-state index contributed by atoms with van der Waals surface area (Å²) in [4.78, 5) is 27.9. The van der Waals surface area contributed by atoms with Gasteiger partial charge < -0.3 is 10.6 Å². The minimum atomic E-state index is -0.463. The van der Waals surface area contributed by atoms with Crippen LogP contribution in [0.15, 0.2) is 6.33 Å². The lowest BCUT2D eigenvalue weighted by atomic mass is 10.1. The zero-order chi connectivity index (χ0) is 14.8. The van der Waals surface area contributed by atoms with Crippen LogP contribution in [-0.4, -0.2) is 49.7 Å². The molecule has 0 aromatic carbocycles. The highest BCUT2D eigenvalue weighted by atomic mass is 32.2. The predicted octanol–water partition coefficient (Wildman–Crippen LogP) is -0.516. The van der Waals surface area contributed by atoms with Crippen molar-refractivity contribution in [3.63, 3.8) is 0 Å². The molecule has 1 fully saturated rings. The summed E-state index contributed by atoms with van der Waals surface area (Å²) in [5.74, 6) is 1.16. The minimum Gasteiger partial charge on any atom is -0.354 e. The van der Waals surface area contributed by atoms with E-state index in [4.69, 9.17) is 0 Å². The summed E-state index contributed by atoms with van der Waals surface area (Å²) >= 11 is 1.50. The number of amides is 2. The highest BCUT2D eigenvalue weighted by Gasteiger charge is 2.37. The first kappa shape index (κ1) is 14.8. The molecule has 1 aliphatic heterocycles. The third kappa shape index (κ3) is 3.30. The molecule has 1 aromatic rings. The van der Waals surface area contributed by atoms with Crippen LogP contribution >= 0.6 is 11.8 Å². The number of thioether (sulfide) groups is 1. The van der Waals surface area contributed by atoms with Crippen molar-refractivity contribution in [2.75, 3.05) is 12.3 Å². The molecular weight excluding hydrogens is 278 g/mol. The summed E-state index contributed by atoms with van der Waals surface area (Å²) in [6.07, 6.45) is 2.10. The van der Waals surface area contributed by atoms with Gasteiger partial charge in [0.2, 0.25) is 11.8 Å². The van der Waals surface area contributed by atoms with Crippen LogP contribution in [0, 0.1) is 0 Å². The second kappa shape index (κ2) is 5.82. The van der Waals surface area contributed by atoms with Crippen LogP contribution in [-0.2, 0) is 23.1 Å². The average molecular weight is 297 g/mol. The molecule has 2 heterocycles. The fourth-order valence-corrected chi connectivity index (χ4v) is 2.85. The third-order valence-corrected chi connectivity index (χ3v) is 4.64. The van der Waals surface area contributed by atoms with Gasteiger partial charge in [0.1, 0.15) is 18.2 Å². The molecule has 0 aliphatic carbocycles. The summed E-state index contributed by atoms with van der Waals surface area (Å²) in [6.45, 7) is 4.19. The Morgan fingerprint density at radius 1 is 1.65 bits per heavy atom. The van der Waals surface area contributed by atoms with Crippen LogP contribution < -0.4 is 10.6 Å². The molecule has 0 spiro atoms. The van der Waals surface area contributed by atoms with Gasteiger partial charge in [-0.15, -0.1) is 11.8 Å². The van der Waals surface area contributed by atoms with E-state index in [0.29, 0.717) is 18.7 Å². The zero-order valence-corrected chi connectivity index (χ0v) is 12.7. The number of carbonyl (C=O) groups is 2. The van der Waals surface area contributed by atoms with Crippen molar-refractivity contribution in [1.29, 1.82) is 0 Å². The SMILES string of the molecule is Cn1ncnc1CCNC(=O)C1CSC(C)(C)C(=O)N1. The maximum Gasteiger partial charge on any atom is 0.243 e. The molecule has 1 saturated heterocycles. The van der Waals surface area contributed by atoms with Crippen LogP contribution in [0.2, 0.25) is 0 Å². The van der Waals surface area contributed by atoms with E-state index in [1.54, 1.807) is 4.68 Å². The first-order valence-corrected chi connectivity index (χ1v) is 7.44. The van der Waals surface area contributed by atoms with Crippen molar-refractivity contribution in [2.24, 2.45) is 7.05 Å². The normalized spacial score (nSPS) is 21.4. The number of nitrogens with one attached hydrogen (secondary N) is 2. The number of aromatic nitrogens is 3. The van der Waals surface area contributed by atoms with Crippen molar-refractivity contribution in [3.8, 4) is 0 Å². The Hall–Kier alpha value is -1.57. The summed E-state index contributed by atoms with van der Waals surface area (Å²) < 4.78 is 1.21. The summed E-state index contributed by atoms with van der Waals surface area (Å²) in [7, 11) is 1.81. The lowest BCUT2D eigenvalue weighted by Gasteiger charge is -2.32. The van der Waals surface area contributed by atoms with E-state index in [-0.39, 0.29) is 11.8 Å². The average Bonchev–Trinajstić information content (AvgIpc) is 2.78. The van der Waals surface area contributed by atoms with Gasteiger partial charge in [-0.1, -0.05) is 0 Å². The molecule has 1 unspecified atom stereocenters. The van der Waals surface area contributed by atoms with Crippen molar-refractivity contribution >= 4 is 23.6 Å². The van der Waals surface area contributed by atoms with Crippen LogP contribution in [0.4, 0.5) is 0 Å². The van der Waals surface area contributed by atoms with E-state index in [0.717, 1.165) is 5.82 Å². The lowest BCUT2D eigenvalue weighted by Crippen LogP contribution is -2.57. The fourth-order valence-electron chi connectivity index (χ4n) is 1.84. The van der Waals surface area contributed by atoms with Crippen LogP contribution in [0.3, 0.4) is 0 Å². The highest BCUT2D eigenvalue weighted by molar-refractivity contribution is 8.01. The van der Waals surface area contributed by atoms with Crippen molar-refractivity contribution in [3.05, 3.63) is 12.2 Å². The Morgan fingerprint density at radius 3 is 3.00 bits per heavy atom. The van der Waals surface area contributed by atoms with Crippen molar-refractivity contribution < 1.29 is 9.59 Å². The highest BCUT2D eigenvalue weighted by Crippen LogP contribution is 2.28. The molecule has 2 amide bonds. The van der Waals surface area contributed by atoms with Gasteiger partial charge in [-0.3, -0.25) is 14.3 Å². The fraction of sp³-hybridized carbons (Fsp3) is 0.667. The number of rotatable bonds is 4. The quantitative estimate of drug-likeness (QED) is 0.781. The predicted molar refractivity (Wildman–Crippen MR) is 76.2 cm³/mol. The molecule has 1 aromatic heterocycles. The first-order chi connectivity index (χ1) is 9.40. The van der Waals surface area contributed by atoms with Gasteiger partial charge in [-0.25, -0.2) is 4.98 Å². The Morgan fingerprint density at radius 2 is 2.40 bits per heavy atom.